The van der Waals surface area contributed by atoms with Crippen LogP contribution in [0.5, 0.6) is 0 Å². The zero-order valence-corrected chi connectivity index (χ0v) is 13.1. The summed E-state index contributed by atoms with van der Waals surface area (Å²) < 4.78 is 0. The fourth-order valence-electron chi connectivity index (χ4n) is 1.76. The van der Waals surface area contributed by atoms with Gasteiger partial charge in [0, 0.05) is 10.3 Å². The summed E-state index contributed by atoms with van der Waals surface area (Å²) in [4.78, 5) is 18.6. The van der Waals surface area contributed by atoms with Crippen LogP contribution in [-0.4, -0.2) is 16.1 Å². The molecule has 0 aromatic carbocycles. The number of carboxylic acid groups (broad SMARTS) is 1. The molecule has 0 spiro atoms. The lowest BCUT2D eigenvalue weighted by atomic mass is 9.91. The van der Waals surface area contributed by atoms with Gasteiger partial charge in [-0.25, -0.2) is 9.78 Å². The van der Waals surface area contributed by atoms with Crippen LogP contribution in [0.25, 0.3) is 9.88 Å². The molecular formula is C14H17NO2S2. The number of aromatic nitrogens is 1. The van der Waals surface area contributed by atoms with Crippen molar-refractivity contribution in [1.29, 1.82) is 0 Å². The van der Waals surface area contributed by atoms with Crippen LogP contribution in [0.1, 0.15) is 47.9 Å². The average Bonchev–Trinajstić information content (AvgIpc) is 2.94. The third kappa shape index (κ3) is 2.87. The number of rotatable bonds is 3. The molecular weight excluding hydrogens is 278 g/mol. The van der Waals surface area contributed by atoms with E-state index in [4.69, 9.17) is 0 Å². The van der Waals surface area contributed by atoms with E-state index in [1.54, 1.807) is 11.3 Å². The number of thiazole rings is 1. The smallest absolute Gasteiger partial charge is 0.347 e. The molecule has 2 rings (SSSR count). The summed E-state index contributed by atoms with van der Waals surface area (Å²) in [5.41, 5.74) is 0.416. The van der Waals surface area contributed by atoms with Gasteiger partial charge in [-0.2, -0.15) is 0 Å². The normalized spacial score (nSPS) is 11.8. The number of carboxylic acids is 1. The predicted molar refractivity (Wildman–Crippen MR) is 80.5 cm³/mol. The van der Waals surface area contributed by atoms with E-state index in [0.717, 1.165) is 16.3 Å². The Morgan fingerprint density at radius 3 is 2.42 bits per heavy atom. The van der Waals surface area contributed by atoms with E-state index >= 15 is 0 Å². The van der Waals surface area contributed by atoms with Crippen LogP contribution in [0.2, 0.25) is 0 Å². The van der Waals surface area contributed by atoms with Crippen LogP contribution in [0.4, 0.5) is 0 Å². The fraction of sp³-hybridized carbons (Fsp3) is 0.429. The van der Waals surface area contributed by atoms with Crippen molar-refractivity contribution >= 4 is 28.6 Å². The molecule has 0 radical (unpaired) electrons. The summed E-state index contributed by atoms with van der Waals surface area (Å²) in [6.07, 6.45) is 0.994. The van der Waals surface area contributed by atoms with Crippen molar-refractivity contribution < 1.29 is 9.90 Å². The topological polar surface area (TPSA) is 50.2 Å². The van der Waals surface area contributed by atoms with Gasteiger partial charge >= 0.3 is 5.97 Å². The molecule has 0 aliphatic heterocycles. The van der Waals surface area contributed by atoms with E-state index in [1.165, 1.54) is 16.2 Å². The maximum absolute atomic E-state index is 11.3. The van der Waals surface area contributed by atoms with Gasteiger partial charge in [-0.15, -0.1) is 22.7 Å². The third-order valence-corrected chi connectivity index (χ3v) is 5.19. The molecule has 0 atom stereocenters. The molecule has 102 valence electrons. The molecule has 0 bridgehead atoms. The van der Waals surface area contributed by atoms with Gasteiger partial charge in [0.2, 0.25) is 0 Å². The van der Waals surface area contributed by atoms with Gasteiger partial charge in [0.25, 0.3) is 0 Å². The molecule has 2 aromatic rings. The Morgan fingerprint density at radius 2 is 2.00 bits per heavy atom. The number of hydrogen-bond donors (Lipinski definition) is 1. The van der Waals surface area contributed by atoms with Crippen LogP contribution in [-0.2, 0) is 11.8 Å². The first-order valence-corrected chi connectivity index (χ1v) is 7.80. The molecule has 0 saturated carbocycles. The van der Waals surface area contributed by atoms with Gasteiger partial charge in [-0.3, -0.25) is 0 Å². The van der Waals surface area contributed by atoms with Gasteiger partial charge in [0.05, 0.1) is 10.6 Å². The SMILES string of the molecule is CCc1ccc(-c2nc(C(C)(C)C)c(C(=O)O)s2)s1. The second kappa shape index (κ2) is 5.06. The van der Waals surface area contributed by atoms with Gasteiger partial charge < -0.3 is 5.11 Å². The Balaban J connectivity index is 2.51. The van der Waals surface area contributed by atoms with Gasteiger partial charge in [0.1, 0.15) is 9.88 Å². The molecule has 0 aliphatic carbocycles. The predicted octanol–water partition coefficient (Wildman–Crippen LogP) is 4.43. The minimum Gasteiger partial charge on any atom is -0.477 e. The molecule has 3 nitrogen and oxygen atoms in total. The quantitative estimate of drug-likeness (QED) is 0.911. The lowest BCUT2D eigenvalue weighted by Gasteiger charge is -2.15. The molecule has 0 fully saturated rings. The number of thiophene rings is 1. The first kappa shape index (κ1) is 14.2. The molecule has 0 saturated heterocycles. The van der Waals surface area contributed by atoms with Crippen molar-refractivity contribution in [3.05, 3.63) is 27.6 Å². The van der Waals surface area contributed by atoms with Crippen LogP contribution >= 0.6 is 22.7 Å². The van der Waals surface area contributed by atoms with Gasteiger partial charge in [0.15, 0.2) is 0 Å². The summed E-state index contributed by atoms with van der Waals surface area (Å²) in [6, 6.07) is 4.11. The molecule has 2 aromatic heterocycles. The highest BCUT2D eigenvalue weighted by Crippen LogP contribution is 2.37. The maximum atomic E-state index is 11.3. The minimum atomic E-state index is -0.888. The second-order valence-electron chi connectivity index (χ2n) is 5.37. The summed E-state index contributed by atoms with van der Waals surface area (Å²) in [6.45, 7) is 8.08. The van der Waals surface area contributed by atoms with E-state index in [0.29, 0.717) is 10.6 Å². The van der Waals surface area contributed by atoms with Crippen LogP contribution in [0.15, 0.2) is 12.1 Å². The number of nitrogens with zero attached hydrogens (tertiary/aromatic N) is 1. The highest BCUT2D eigenvalue weighted by molar-refractivity contribution is 7.22. The van der Waals surface area contributed by atoms with Crippen LogP contribution < -0.4 is 0 Å². The summed E-state index contributed by atoms with van der Waals surface area (Å²) in [5, 5.41) is 10.1. The van der Waals surface area contributed by atoms with Gasteiger partial charge in [-0.05, 0) is 18.6 Å². The standard InChI is InChI=1S/C14H17NO2S2/c1-5-8-6-7-9(18-8)12-15-11(14(2,3)4)10(19-12)13(16)17/h6-7H,5H2,1-4H3,(H,16,17). The second-order valence-corrected chi connectivity index (χ2v) is 7.54. The fourth-order valence-corrected chi connectivity index (χ4v) is 3.88. The molecule has 0 aliphatic rings. The number of hydrogen-bond acceptors (Lipinski definition) is 4. The Bertz CT molecular complexity index is 605. The summed E-state index contributed by atoms with van der Waals surface area (Å²) >= 11 is 2.96. The van der Waals surface area contributed by atoms with E-state index in [1.807, 2.05) is 26.8 Å². The molecule has 0 unspecified atom stereocenters. The summed E-state index contributed by atoms with van der Waals surface area (Å²) in [5.74, 6) is -0.888. The first-order chi connectivity index (χ1) is 8.82. The van der Waals surface area contributed by atoms with Crippen LogP contribution in [0, 0.1) is 0 Å². The van der Waals surface area contributed by atoms with E-state index in [-0.39, 0.29) is 5.41 Å². The van der Waals surface area contributed by atoms with E-state index in [2.05, 4.69) is 18.0 Å². The van der Waals surface area contributed by atoms with Gasteiger partial charge in [-0.1, -0.05) is 27.7 Å². The molecule has 19 heavy (non-hydrogen) atoms. The lowest BCUT2D eigenvalue weighted by Crippen LogP contribution is -2.16. The highest BCUT2D eigenvalue weighted by atomic mass is 32.1. The molecule has 1 N–H and O–H groups in total. The average molecular weight is 295 g/mol. The first-order valence-electron chi connectivity index (χ1n) is 6.16. The van der Waals surface area contributed by atoms with Crippen molar-refractivity contribution in [2.75, 3.05) is 0 Å². The third-order valence-electron chi connectivity index (χ3n) is 2.75. The Hall–Kier alpha value is -1.20. The minimum absolute atomic E-state index is 0.257. The molecule has 2 heterocycles. The lowest BCUT2D eigenvalue weighted by molar-refractivity contribution is 0.0699. The van der Waals surface area contributed by atoms with Crippen molar-refractivity contribution in [2.24, 2.45) is 0 Å². The van der Waals surface area contributed by atoms with Crippen molar-refractivity contribution in [2.45, 2.75) is 39.5 Å². The molecule has 0 amide bonds. The highest BCUT2D eigenvalue weighted by Gasteiger charge is 2.27. The Morgan fingerprint density at radius 1 is 1.32 bits per heavy atom. The van der Waals surface area contributed by atoms with Crippen LogP contribution in [0.3, 0.4) is 0 Å². The van der Waals surface area contributed by atoms with Crippen molar-refractivity contribution in [3.63, 3.8) is 0 Å². The maximum Gasteiger partial charge on any atom is 0.347 e. The monoisotopic (exact) mass is 295 g/mol. The number of carbonyl (C=O) groups is 1. The largest absolute Gasteiger partial charge is 0.477 e. The van der Waals surface area contributed by atoms with Crippen molar-refractivity contribution in [3.8, 4) is 9.88 Å². The Kier molecular flexibility index (Phi) is 3.78. The number of aromatic carboxylic acids is 1. The Labute approximate surface area is 120 Å². The zero-order valence-electron chi connectivity index (χ0n) is 11.5. The zero-order chi connectivity index (χ0) is 14.2. The summed E-state index contributed by atoms with van der Waals surface area (Å²) in [7, 11) is 0. The molecule has 5 heteroatoms. The number of aryl methyl sites for hydroxylation is 1. The van der Waals surface area contributed by atoms with E-state index < -0.39 is 5.97 Å². The van der Waals surface area contributed by atoms with Crippen molar-refractivity contribution in [1.82, 2.24) is 4.98 Å². The van der Waals surface area contributed by atoms with E-state index in [9.17, 15) is 9.90 Å².